The monoisotopic (exact) mass is 614 g/mol. The number of aromatic nitrogens is 9. The smallest absolute Gasteiger partial charge is 0.253 e. The van der Waals surface area contributed by atoms with E-state index in [2.05, 4.69) is 37.2 Å². The van der Waals surface area contributed by atoms with Crippen molar-refractivity contribution in [3.63, 3.8) is 0 Å². The van der Waals surface area contributed by atoms with Gasteiger partial charge in [-0.05, 0) is 43.5 Å². The second-order valence-electron chi connectivity index (χ2n) is 11.5. The molecule has 2 aliphatic heterocycles. The van der Waals surface area contributed by atoms with Crippen molar-refractivity contribution in [1.82, 2.24) is 54.5 Å². The Morgan fingerprint density at radius 2 is 1.66 bits per heavy atom. The number of amides is 1. The van der Waals surface area contributed by atoms with Gasteiger partial charge in [-0.15, -0.1) is 17.5 Å². The van der Waals surface area contributed by atoms with E-state index >= 15 is 0 Å². The van der Waals surface area contributed by atoms with Gasteiger partial charge in [-0.2, -0.15) is 5.10 Å². The van der Waals surface area contributed by atoms with Gasteiger partial charge in [0, 0.05) is 88.1 Å². The quantitative estimate of drug-likeness (QED) is 0.282. The number of rotatable bonds is 6. The van der Waals surface area contributed by atoms with Gasteiger partial charge in [-0.3, -0.25) is 9.48 Å². The van der Waals surface area contributed by atoms with Crippen molar-refractivity contribution in [2.45, 2.75) is 19.4 Å². The van der Waals surface area contributed by atoms with Crippen LogP contribution in [0.4, 0.5) is 5.95 Å². The molecule has 4 aromatic heterocycles. The summed E-state index contributed by atoms with van der Waals surface area (Å²) in [4.78, 5) is 38.0. The third kappa shape index (κ3) is 6.10. The number of carbonyl (C=O) groups is 1. The number of piperazine rings is 1. The van der Waals surface area contributed by atoms with E-state index in [9.17, 15) is 4.79 Å². The van der Waals surface area contributed by atoms with E-state index in [0.29, 0.717) is 29.3 Å². The Bertz CT molecular complexity index is 1730. The number of likely N-dealkylation sites (N-methyl/N-ethyl adjacent to an activating group) is 1. The average molecular weight is 615 g/mol. The van der Waals surface area contributed by atoms with E-state index in [1.807, 2.05) is 59.5 Å². The normalized spacial score (nSPS) is 17.5. The van der Waals surface area contributed by atoms with Crippen LogP contribution in [0.2, 0.25) is 0 Å². The first kappa shape index (κ1) is 29.6. The summed E-state index contributed by atoms with van der Waals surface area (Å²) in [7, 11) is 3.97. The minimum atomic E-state index is 0. The van der Waals surface area contributed by atoms with Gasteiger partial charge in [0.1, 0.15) is 0 Å². The largest absolute Gasteiger partial charge is 0.340 e. The van der Waals surface area contributed by atoms with Crippen LogP contribution in [0.1, 0.15) is 23.2 Å². The van der Waals surface area contributed by atoms with Crippen LogP contribution in [-0.2, 0) is 13.6 Å². The molecule has 7 rings (SSSR count). The van der Waals surface area contributed by atoms with E-state index in [0.717, 1.165) is 80.4 Å². The van der Waals surface area contributed by atoms with Crippen molar-refractivity contribution in [3.05, 3.63) is 60.8 Å². The zero-order chi connectivity index (χ0) is 29.3. The summed E-state index contributed by atoms with van der Waals surface area (Å²) >= 11 is 0. The lowest BCUT2D eigenvalue weighted by molar-refractivity contribution is 0.0664. The van der Waals surface area contributed by atoms with Crippen LogP contribution in [0.15, 0.2) is 55.2 Å². The first-order valence-electron chi connectivity index (χ1n) is 14.7. The number of anilines is 1. The first-order chi connectivity index (χ1) is 21.0. The fourth-order valence-corrected chi connectivity index (χ4v) is 5.84. The molecule has 1 amide bonds. The molecule has 0 bridgehead atoms. The molecular formula is C30H35ClN12O. The Balaban J connectivity index is 0.00000343. The van der Waals surface area contributed by atoms with Crippen molar-refractivity contribution < 1.29 is 4.79 Å². The van der Waals surface area contributed by atoms with Crippen LogP contribution in [0.3, 0.4) is 0 Å². The zero-order valence-electron chi connectivity index (χ0n) is 24.8. The molecule has 2 saturated heterocycles. The number of hydrogen-bond donors (Lipinski definition) is 0. The van der Waals surface area contributed by atoms with Crippen molar-refractivity contribution in [2.75, 3.05) is 51.2 Å². The van der Waals surface area contributed by atoms with Crippen molar-refractivity contribution >= 4 is 35.6 Å². The van der Waals surface area contributed by atoms with Gasteiger partial charge >= 0.3 is 0 Å². The van der Waals surface area contributed by atoms with Crippen LogP contribution in [0.25, 0.3) is 33.7 Å². The number of aryl methyl sites for hydroxylation is 1. The van der Waals surface area contributed by atoms with Crippen molar-refractivity contribution in [1.29, 1.82) is 0 Å². The lowest BCUT2D eigenvalue weighted by atomic mass is 9.98. The highest BCUT2D eigenvalue weighted by Gasteiger charge is 2.24. The fourth-order valence-electron chi connectivity index (χ4n) is 5.84. The Labute approximate surface area is 261 Å². The lowest BCUT2D eigenvalue weighted by Gasteiger charge is -2.32. The van der Waals surface area contributed by atoms with E-state index in [1.165, 1.54) is 0 Å². The molecule has 2 aliphatic rings. The standard InChI is InChI=1S/C30H34N12O.ClH/c1-38-10-12-40(13-11-38)29(43)23-7-5-22(6-8-23)24-14-32-30(33-15-24)41-9-3-4-21(18-41)19-42-28-27(36-37-42)31-17-26(35-28)25-16-34-39(2)20-25;/h5-8,14-17,20-21H,3-4,9-13,18-19H2,1-2H3;1H/t21-;/m0./s1. The topological polar surface area (TPSA) is 127 Å². The first-order valence-corrected chi connectivity index (χ1v) is 14.7. The van der Waals surface area contributed by atoms with Crippen molar-refractivity contribution in [3.8, 4) is 22.4 Å². The van der Waals surface area contributed by atoms with Gasteiger partial charge in [0.25, 0.3) is 5.91 Å². The molecule has 0 aliphatic carbocycles. The molecule has 1 aromatic carbocycles. The second kappa shape index (κ2) is 12.6. The molecule has 0 unspecified atom stereocenters. The molecule has 0 radical (unpaired) electrons. The summed E-state index contributed by atoms with van der Waals surface area (Å²) in [5.74, 6) is 1.15. The highest BCUT2D eigenvalue weighted by Crippen LogP contribution is 2.25. The summed E-state index contributed by atoms with van der Waals surface area (Å²) in [6.45, 7) is 5.76. The molecule has 13 nitrogen and oxygen atoms in total. The molecule has 1 atom stereocenters. The van der Waals surface area contributed by atoms with Gasteiger partial charge in [0.05, 0.1) is 18.1 Å². The maximum absolute atomic E-state index is 12.9. The molecule has 6 heterocycles. The summed E-state index contributed by atoms with van der Waals surface area (Å²) < 4.78 is 3.61. The maximum atomic E-state index is 12.9. The van der Waals surface area contributed by atoms with Gasteiger partial charge in [-0.1, -0.05) is 17.3 Å². The zero-order valence-corrected chi connectivity index (χ0v) is 25.6. The molecule has 0 N–H and O–H groups in total. The molecule has 5 aromatic rings. The third-order valence-corrected chi connectivity index (χ3v) is 8.35. The van der Waals surface area contributed by atoms with Gasteiger partial charge in [-0.25, -0.2) is 24.6 Å². The Morgan fingerprint density at radius 1 is 0.886 bits per heavy atom. The Hall–Kier alpha value is -4.49. The predicted molar refractivity (Wildman–Crippen MR) is 168 cm³/mol. The van der Waals surface area contributed by atoms with Crippen LogP contribution in [0, 0.1) is 5.92 Å². The summed E-state index contributed by atoms with van der Waals surface area (Å²) in [5.41, 5.74) is 5.50. The average Bonchev–Trinajstić information content (AvgIpc) is 3.67. The Morgan fingerprint density at radius 3 is 2.39 bits per heavy atom. The molecular weight excluding hydrogens is 580 g/mol. The van der Waals surface area contributed by atoms with Gasteiger partial charge in [0.15, 0.2) is 5.65 Å². The third-order valence-electron chi connectivity index (χ3n) is 8.35. The number of halogens is 1. The number of fused-ring (bicyclic) bond motifs is 1. The minimum Gasteiger partial charge on any atom is -0.340 e. The van der Waals surface area contributed by atoms with E-state index in [1.54, 1.807) is 17.1 Å². The Kier molecular flexibility index (Phi) is 8.49. The van der Waals surface area contributed by atoms with Crippen LogP contribution >= 0.6 is 12.4 Å². The SMILES string of the molecule is CN1CCN(C(=O)c2ccc(-c3cnc(N4CCC[C@H](Cn5nnc6ncc(-c7cnn(C)c7)nc65)C4)nc3)cc2)CC1.Cl. The van der Waals surface area contributed by atoms with E-state index in [-0.39, 0.29) is 18.3 Å². The van der Waals surface area contributed by atoms with E-state index in [4.69, 9.17) is 15.0 Å². The molecule has 44 heavy (non-hydrogen) atoms. The van der Waals surface area contributed by atoms with Crippen LogP contribution < -0.4 is 4.90 Å². The fraction of sp³-hybridized carbons (Fsp3) is 0.400. The minimum absolute atomic E-state index is 0. The molecule has 0 saturated carbocycles. The van der Waals surface area contributed by atoms with Crippen LogP contribution in [0.5, 0.6) is 0 Å². The highest BCUT2D eigenvalue weighted by molar-refractivity contribution is 5.94. The number of nitrogens with zero attached hydrogens (tertiary/aromatic N) is 12. The number of benzene rings is 1. The molecule has 2 fully saturated rings. The van der Waals surface area contributed by atoms with Gasteiger partial charge in [0.2, 0.25) is 11.6 Å². The molecule has 14 heteroatoms. The van der Waals surface area contributed by atoms with Crippen molar-refractivity contribution in [2.24, 2.45) is 13.0 Å². The summed E-state index contributed by atoms with van der Waals surface area (Å²) in [6.07, 6.45) is 11.2. The summed E-state index contributed by atoms with van der Waals surface area (Å²) in [5, 5.41) is 12.8. The molecule has 0 spiro atoms. The number of hydrogen-bond acceptors (Lipinski definition) is 10. The number of carbonyl (C=O) groups excluding carboxylic acids is 1. The second-order valence-corrected chi connectivity index (χ2v) is 11.5. The highest BCUT2D eigenvalue weighted by atomic mass is 35.5. The maximum Gasteiger partial charge on any atom is 0.253 e. The summed E-state index contributed by atoms with van der Waals surface area (Å²) in [6, 6.07) is 7.75. The number of piperidine rings is 1. The van der Waals surface area contributed by atoms with Gasteiger partial charge < -0.3 is 14.7 Å². The predicted octanol–water partition coefficient (Wildman–Crippen LogP) is 2.80. The molecule has 228 valence electrons. The lowest BCUT2D eigenvalue weighted by Crippen LogP contribution is -2.47. The van der Waals surface area contributed by atoms with E-state index < -0.39 is 0 Å². The van der Waals surface area contributed by atoms with Crippen LogP contribution in [-0.4, -0.2) is 107 Å².